The van der Waals surface area contributed by atoms with E-state index in [-0.39, 0.29) is 25.5 Å². The minimum atomic E-state index is -1.10. The molecule has 0 bridgehead atoms. The number of aliphatic carboxylic acids is 1. The van der Waals surface area contributed by atoms with Gasteiger partial charge in [-0.2, -0.15) is 0 Å². The number of amides is 1. The molecule has 230 valence electrons. The third kappa shape index (κ3) is 10.2. The standard InChI is InChI=1S/C31H39FN6O5/c1-42-27-10-3-2-7-23(27)19-28(39)37-26(30(40)41)13-16-38(17-18-43-31-34-20-24(32)21-35-31)15-5-4-9-25-12-11-22-8-6-14-33-29(22)36-25/h2-3,7,10-12,20-21,26H,4-6,8-9,13-19H2,1H3,(H,33,36)(H,37,39)(H,40,41). The van der Waals surface area contributed by atoms with E-state index in [1.54, 1.807) is 24.3 Å². The number of pyridine rings is 1. The molecule has 3 aromatic rings. The van der Waals surface area contributed by atoms with Crippen molar-refractivity contribution in [2.75, 3.05) is 45.2 Å². The van der Waals surface area contributed by atoms with Crippen LogP contribution in [0.1, 0.15) is 42.5 Å². The predicted octanol–water partition coefficient (Wildman–Crippen LogP) is 3.28. The van der Waals surface area contributed by atoms with Crippen LogP contribution in [0.4, 0.5) is 10.2 Å². The number of carbonyl (C=O) groups excluding carboxylic acids is 1. The number of hydrogen-bond donors (Lipinski definition) is 3. The normalized spacial score (nSPS) is 13.1. The van der Waals surface area contributed by atoms with Crippen LogP contribution >= 0.6 is 0 Å². The number of aryl methyl sites for hydroxylation is 2. The van der Waals surface area contributed by atoms with Gasteiger partial charge in [-0.3, -0.25) is 9.69 Å². The Labute approximate surface area is 250 Å². The van der Waals surface area contributed by atoms with Crippen LogP contribution in [0.25, 0.3) is 0 Å². The molecule has 1 aromatic carbocycles. The molecule has 0 aliphatic carbocycles. The number of fused-ring (bicyclic) bond motifs is 1. The molecule has 1 amide bonds. The number of carboxylic acids is 1. The molecule has 0 saturated heterocycles. The smallest absolute Gasteiger partial charge is 0.326 e. The summed E-state index contributed by atoms with van der Waals surface area (Å²) in [5.41, 5.74) is 2.98. The molecule has 1 atom stereocenters. The highest BCUT2D eigenvalue weighted by atomic mass is 19.1. The van der Waals surface area contributed by atoms with Crippen molar-refractivity contribution in [2.45, 2.75) is 51.0 Å². The molecule has 0 spiro atoms. The Hall–Kier alpha value is -4.32. The topological polar surface area (TPSA) is 139 Å². The number of nitrogens with one attached hydrogen (secondary N) is 2. The summed E-state index contributed by atoms with van der Waals surface area (Å²) in [6.45, 7) is 2.77. The summed E-state index contributed by atoms with van der Waals surface area (Å²) in [5.74, 6) is -0.491. The zero-order chi connectivity index (χ0) is 30.4. The van der Waals surface area contributed by atoms with E-state index < -0.39 is 23.7 Å². The first kappa shape index (κ1) is 31.6. The van der Waals surface area contributed by atoms with E-state index in [0.29, 0.717) is 30.9 Å². The molecular weight excluding hydrogens is 555 g/mol. The summed E-state index contributed by atoms with van der Waals surface area (Å²) < 4.78 is 24.0. The maximum atomic E-state index is 13.1. The zero-order valence-electron chi connectivity index (χ0n) is 24.4. The van der Waals surface area contributed by atoms with E-state index >= 15 is 0 Å². The summed E-state index contributed by atoms with van der Waals surface area (Å²) in [6.07, 6.45) is 7.06. The second-order valence-electron chi connectivity index (χ2n) is 10.4. The lowest BCUT2D eigenvalue weighted by atomic mass is 10.1. The largest absolute Gasteiger partial charge is 0.496 e. The van der Waals surface area contributed by atoms with Gasteiger partial charge in [0.15, 0.2) is 5.82 Å². The fourth-order valence-corrected chi connectivity index (χ4v) is 4.96. The predicted molar refractivity (Wildman–Crippen MR) is 159 cm³/mol. The monoisotopic (exact) mass is 594 g/mol. The first-order valence-corrected chi connectivity index (χ1v) is 14.6. The number of para-hydroxylation sites is 1. The van der Waals surface area contributed by atoms with Gasteiger partial charge in [0.25, 0.3) is 0 Å². The molecule has 1 unspecified atom stereocenters. The van der Waals surface area contributed by atoms with Gasteiger partial charge < -0.3 is 25.2 Å². The number of carbonyl (C=O) groups is 2. The number of methoxy groups -OCH3 is 1. The first-order chi connectivity index (χ1) is 20.9. The van der Waals surface area contributed by atoms with Crippen molar-refractivity contribution in [3.05, 3.63) is 71.4 Å². The van der Waals surface area contributed by atoms with Crippen molar-refractivity contribution >= 4 is 17.7 Å². The Morgan fingerprint density at radius 2 is 1.93 bits per heavy atom. The molecule has 11 nitrogen and oxygen atoms in total. The number of halogens is 1. The van der Waals surface area contributed by atoms with Gasteiger partial charge in [-0.05, 0) is 62.8 Å². The van der Waals surface area contributed by atoms with E-state index in [4.69, 9.17) is 14.5 Å². The number of anilines is 1. The second kappa shape index (κ2) is 16.4. The van der Waals surface area contributed by atoms with Gasteiger partial charge in [0.1, 0.15) is 24.2 Å². The number of rotatable bonds is 17. The summed E-state index contributed by atoms with van der Waals surface area (Å²) in [4.78, 5) is 39.2. The van der Waals surface area contributed by atoms with Gasteiger partial charge in [0, 0.05) is 30.9 Å². The SMILES string of the molecule is COc1ccccc1CC(=O)NC(CCN(CCCCc1ccc2c(n1)NCCC2)CCOc1ncc(F)cn1)C(=O)O. The molecular formula is C31H39FN6O5. The molecule has 1 aliphatic rings. The van der Waals surface area contributed by atoms with Crippen molar-refractivity contribution < 1.29 is 28.6 Å². The maximum Gasteiger partial charge on any atom is 0.326 e. The number of ether oxygens (including phenoxy) is 2. The second-order valence-corrected chi connectivity index (χ2v) is 10.4. The highest BCUT2D eigenvalue weighted by molar-refractivity contribution is 5.85. The molecule has 12 heteroatoms. The molecule has 0 radical (unpaired) electrons. The Balaban J connectivity index is 1.30. The third-order valence-corrected chi connectivity index (χ3v) is 7.26. The van der Waals surface area contributed by atoms with Crippen molar-refractivity contribution in [1.82, 2.24) is 25.2 Å². The van der Waals surface area contributed by atoms with Crippen LogP contribution in [0.2, 0.25) is 0 Å². The van der Waals surface area contributed by atoms with Crippen LogP contribution in [-0.4, -0.2) is 82.8 Å². The molecule has 3 N–H and O–H groups in total. The molecule has 4 rings (SSSR count). The number of carboxylic acid groups (broad SMARTS) is 1. The van der Waals surface area contributed by atoms with Crippen LogP contribution < -0.4 is 20.1 Å². The summed E-state index contributed by atoms with van der Waals surface area (Å²) in [6, 6.07) is 10.4. The van der Waals surface area contributed by atoms with Crippen LogP contribution in [0.5, 0.6) is 11.8 Å². The Morgan fingerprint density at radius 3 is 2.72 bits per heavy atom. The lowest BCUT2D eigenvalue weighted by molar-refractivity contribution is -0.142. The quantitative estimate of drug-likeness (QED) is 0.200. The number of unbranched alkanes of at least 4 members (excludes halogenated alkanes) is 1. The van der Waals surface area contributed by atoms with Gasteiger partial charge in [-0.15, -0.1) is 0 Å². The van der Waals surface area contributed by atoms with Crippen molar-refractivity contribution in [3.63, 3.8) is 0 Å². The van der Waals surface area contributed by atoms with E-state index in [1.165, 1.54) is 12.7 Å². The van der Waals surface area contributed by atoms with Gasteiger partial charge in [-0.25, -0.2) is 24.1 Å². The average molecular weight is 595 g/mol. The lowest BCUT2D eigenvalue weighted by Crippen LogP contribution is -2.44. The third-order valence-electron chi connectivity index (χ3n) is 7.26. The molecule has 3 heterocycles. The van der Waals surface area contributed by atoms with E-state index in [0.717, 1.165) is 62.6 Å². The summed E-state index contributed by atoms with van der Waals surface area (Å²) in [7, 11) is 1.53. The average Bonchev–Trinajstić information content (AvgIpc) is 3.01. The molecule has 43 heavy (non-hydrogen) atoms. The van der Waals surface area contributed by atoms with Crippen molar-refractivity contribution in [3.8, 4) is 11.8 Å². The van der Waals surface area contributed by atoms with Crippen molar-refractivity contribution in [1.29, 1.82) is 0 Å². The van der Waals surface area contributed by atoms with Crippen LogP contribution in [0.3, 0.4) is 0 Å². The van der Waals surface area contributed by atoms with Gasteiger partial charge >= 0.3 is 12.0 Å². The highest BCUT2D eigenvalue weighted by Gasteiger charge is 2.22. The van der Waals surface area contributed by atoms with Gasteiger partial charge in [0.05, 0.1) is 25.9 Å². The first-order valence-electron chi connectivity index (χ1n) is 14.6. The van der Waals surface area contributed by atoms with E-state index in [1.807, 2.05) is 0 Å². The minimum absolute atomic E-state index is 0.00919. The van der Waals surface area contributed by atoms with Crippen LogP contribution in [0.15, 0.2) is 48.8 Å². The summed E-state index contributed by atoms with van der Waals surface area (Å²) >= 11 is 0. The van der Waals surface area contributed by atoms with Crippen molar-refractivity contribution in [2.24, 2.45) is 0 Å². The molecule has 2 aromatic heterocycles. The lowest BCUT2D eigenvalue weighted by Gasteiger charge is -2.24. The Morgan fingerprint density at radius 1 is 1.12 bits per heavy atom. The fourth-order valence-electron chi connectivity index (χ4n) is 4.96. The fraction of sp³-hybridized carbons (Fsp3) is 0.452. The molecule has 0 fully saturated rings. The number of nitrogens with zero attached hydrogens (tertiary/aromatic N) is 4. The van der Waals surface area contributed by atoms with E-state index in [9.17, 15) is 19.1 Å². The zero-order valence-corrected chi connectivity index (χ0v) is 24.4. The highest BCUT2D eigenvalue weighted by Crippen LogP contribution is 2.20. The van der Waals surface area contributed by atoms with Crippen LogP contribution in [0, 0.1) is 5.82 Å². The summed E-state index contributed by atoms with van der Waals surface area (Å²) in [5, 5.41) is 15.9. The molecule has 0 saturated carbocycles. The molecule has 1 aliphatic heterocycles. The Kier molecular flexibility index (Phi) is 12.0. The van der Waals surface area contributed by atoms with Gasteiger partial charge in [-0.1, -0.05) is 24.3 Å². The van der Waals surface area contributed by atoms with Crippen LogP contribution in [-0.2, 0) is 28.9 Å². The minimum Gasteiger partial charge on any atom is -0.496 e. The maximum absolute atomic E-state index is 13.1. The Bertz CT molecular complexity index is 1340. The number of aromatic nitrogens is 3. The number of benzene rings is 1. The number of hydrogen-bond acceptors (Lipinski definition) is 9. The van der Waals surface area contributed by atoms with E-state index in [2.05, 4.69) is 37.6 Å². The van der Waals surface area contributed by atoms with Gasteiger partial charge in [0.2, 0.25) is 5.91 Å².